The highest BCUT2D eigenvalue weighted by molar-refractivity contribution is 7.15. The number of hydrogen-bond donors (Lipinski definition) is 1. The van der Waals surface area contributed by atoms with Gasteiger partial charge in [0.15, 0.2) is 4.96 Å². The Balaban J connectivity index is 1.70. The Morgan fingerprint density at radius 3 is 2.95 bits per heavy atom. The molecule has 0 saturated heterocycles. The maximum Gasteiger partial charge on any atom is 0.237 e. The molecule has 0 aliphatic carbocycles. The minimum atomic E-state index is 0.681. The van der Waals surface area contributed by atoms with Gasteiger partial charge in [0.2, 0.25) is 5.88 Å². The molecule has 6 heteroatoms. The number of nitrogens with zero attached hydrogens (tertiary/aromatic N) is 2. The van der Waals surface area contributed by atoms with Crippen LogP contribution in [0.15, 0.2) is 35.8 Å². The van der Waals surface area contributed by atoms with Crippen molar-refractivity contribution in [3.63, 3.8) is 0 Å². The molecule has 2 aromatic heterocycles. The number of methoxy groups -OCH3 is 2. The number of aromatic nitrogens is 2. The Hall–Kier alpha value is -2.05. The number of benzene rings is 1. The fraction of sp³-hybridized carbons (Fsp3) is 0.267. The van der Waals surface area contributed by atoms with Crippen molar-refractivity contribution in [2.24, 2.45) is 0 Å². The maximum absolute atomic E-state index is 5.34. The van der Waals surface area contributed by atoms with Crippen LogP contribution in [-0.4, -0.2) is 23.6 Å². The molecular weight excluding hydrogens is 286 g/mol. The SMILES string of the molecule is COc1cccc(CNCc2c(OC)nc3sccn23)c1. The van der Waals surface area contributed by atoms with Crippen LogP contribution in [0.4, 0.5) is 0 Å². The second kappa shape index (κ2) is 6.15. The van der Waals surface area contributed by atoms with E-state index in [9.17, 15) is 0 Å². The third-order valence-electron chi connectivity index (χ3n) is 3.27. The smallest absolute Gasteiger partial charge is 0.237 e. The van der Waals surface area contributed by atoms with E-state index in [1.54, 1.807) is 25.6 Å². The van der Waals surface area contributed by atoms with Crippen molar-refractivity contribution in [2.45, 2.75) is 13.1 Å². The molecule has 0 unspecified atom stereocenters. The number of imidazole rings is 1. The van der Waals surface area contributed by atoms with Gasteiger partial charge in [-0.2, -0.15) is 4.98 Å². The number of hydrogen-bond acceptors (Lipinski definition) is 5. The molecule has 0 fully saturated rings. The number of rotatable bonds is 6. The van der Waals surface area contributed by atoms with Gasteiger partial charge in [-0.3, -0.25) is 4.40 Å². The van der Waals surface area contributed by atoms with Gasteiger partial charge in [0.25, 0.3) is 0 Å². The van der Waals surface area contributed by atoms with Gasteiger partial charge in [-0.1, -0.05) is 12.1 Å². The molecule has 0 radical (unpaired) electrons. The molecule has 0 aliphatic heterocycles. The molecule has 3 rings (SSSR count). The standard InChI is InChI=1S/C15H17N3O2S/c1-19-12-5-3-4-11(8-12)9-16-10-13-14(20-2)17-15-18(13)6-7-21-15/h3-8,16H,9-10H2,1-2H3. The van der Waals surface area contributed by atoms with E-state index in [0.29, 0.717) is 12.4 Å². The van der Waals surface area contributed by atoms with Crippen LogP contribution in [0.2, 0.25) is 0 Å². The molecule has 1 aromatic carbocycles. The van der Waals surface area contributed by atoms with Crippen molar-refractivity contribution in [1.29, 1.82) is 0 Å². The first-order valence-electron chi connectivity index (χ1n) is 6.64. The molecule has 0 atom stereocenters. The highest BCUT2D eigenvalue weighted by Crippen LogP contribution is 2.23. The summed E-state index contributed by atoms with van der Waals surface area (Å²) in [7, 11) is 3.33. The van der Waals surface area contributed by atoms with Crippen molar-refractivity contribution in [2.75, 3.05) is 14.2 Å². The molecular formula is C15H17N3O2S. The molecule has 21 heavy (non-hydrogen) atoms. The molecule has 0 aliphatic rings. The van der Waals surface area contributed by atoms with Crippen LogP contribution < -0.4 is 14.8 Å². The Labute approximate surface area is 127 Å². The van der Waals surface area contributed by atoms with Gasteiger partial charge in [0, 0.05) is 24.7 Å². The Morgan fingerprint density at radius 1 is 1.24 bits per heavy atom. The Kier molecular flexibility index (Phi) is 4.08. The lowest BCUT2D eigenvalue weighted by Gasteiger charge is -2.07. The summed E-state index contributed by atoms with van der Waals surface area (Å²) >= 11 is 1.60. The normalized spacial score (nSPS) is 11.0. The van der Waals surface area contributed by atoms with Gasteiger partial charge in [-0.25, -0.2) is 0 Å². The van der Waals surface area contributed by atoms with E-state index < -0.39 is 0 Å². The van der Waals surface area contributed by atoms with Crippen molar-refractivity contribution >= 4 is 16.3 Å². The van der Waals surface area contributed by atoms with Crippen molar-refractivity contribution in [3.05, 3.63) is 47.1 Å². The Bertz CT molecular complexity index is 735. The van der Waals surface area contributed by atoms with Gasteiger partial charge >= 0.3 is 0 Å². The lowest BCUT2D eigenvalue weighted by Crippen LogP contribution is -2.14. The molecule has 0 amide bonds. The van der Waals surface area contributed by atoms with Crippen LogP contribution in [0.1, 0.15) is 11.3 Å². The average molecular weight is 303 g/mol. The summed E-state index contributed by atoms with van der Waals surface area (Å²) in [6.45, 7) is 1.45. The fourth-order valence-electron chi connectivity index (χ4n) is 2.24. The summed E-state index contributed by atoms with van der Waals surface area (Å²) in [5.41, 5.74) is 2.22. The summed E-state index contributed by atoms with van der Waals surface area (Å²) < 4.78 is 12.6. The fourth-order valence-corrected chi connectivity index (χ4v) is 2.97. The van der Waals surface area contributed by atoms with Crippen LogP contribution in [0.5, 0.6) is 11.6 Å². The summed E-state index contributed by atoms with van der Waals surface area (Å²) in [5, 5.41) is 5.44. The monoisotopic (exact) mass is 303 g/mol. The molecule has 1 N–H and O–H groups in total. The highest BCUT2D eigenvalue weighted by atomic mass is 32.1. The van der Waals surface area contributed by atoms with Gasteiger partial charge in [-0.15, -0.1) is 11.3 Å². The first-order valence-corrected chi connectivity index (χ1v) is 7.52. The van der Waals surface area contributed by atoms with E-state index >= 15 is 0 Å². The first kappa shape index (κ1) is 13.9. The molecule has 3 aromatic rings. The third kappa shape index (κ3) is 2.86. The van der Waals surface area contributed by atoms with E-state index in [2.05, 4.69) is 20.8 Å². The van der Waals surface area contributed by atoms with Crippen LogP contribution in [0.25, 0.3) is 4.96 Å². The molecule has 2 heterocycles. The largest absolute Gasteiger partial charge is 0.497 e. The van der Waals surface area contributed by atoms with Crippen LogP contribution >= 0.6 is 11.3 Å². The van der Waals surface area contributed by atoms with Gasteiger partial charge < -0.3 is 14.8 Å². The average Bonchev–Trinajstić information content (AvgIpc) is 3.09. The van der Waals surface area contributed by atoms with Crippen molar-refractivity contribution in [3.8, 4) is 11.6 Å². The van der Waals surface area contributed by atoms with Crippen LogP contribution in [0.3, 0.4) is 0 Å². The zero-order valence-corrected chi connectivity index (χ0v) is 12.8. The maximum atomic E-state index is 5.34. The first-order chi connectivity index (χ1) is 10.3. The number of nitrogens with one attached hydrogen (secondary N) is 1. The summed E-state index contributed by atoms with van der Waals surface area (Å²) in [5.74, 6) is 1.55. The second-order valence-electron chi connectivity index (χ2n) is 4.58. The molecule has 110 valence electrons. The lowest BCUT2D eigenvalue weighted by molar-refractivity contribution is 0.392. The van der Waals surface area contributed by atoms with Crippen molar-refractivity contribution in [1.82, 2.24) is 14.7 Å². The number of ether oxygens (including phenoxy) is 2. The van der Waals surface area contributed by atoms with Gasteiger partial charge in [0.05, 0.1) is 14.2 Å². The van der Waals surface area contributed by atoms with E-state index in [4.69, 9.17) is 9.47 Å². The topological polar surface area (TPSA) is 47.8 Å². The summed E-state index contributed by atoms with van der Waals surface area (Å²) in [6, 6.07) is 8.04. The molecule has 5 nitrogen and oxygen atoms in total. The Morgan fingerprint density at radius 2 is 2.14 bits per heavy atom. The van der Waals surface area contributed by atoms with E-state index in [1.165, 1.54) is 5.56 Å². The predicted octanol–water partition coefficient (Wildman–Crippen LogP) is 2.70. The van der Waals surface area contributed by atoms with Gasteiger partial charge in [-0.05, 0) is 17.7 Å². The van der Waals surface area contributed by atoms with Crippen molar-refractivity contribution < 1.29 is 9.47 Å². The summed E-state index contributed by atoms with van der Waals surface area (Å²) in [6.07, 6.45) is 2.01. The number of thiazole rings is 1. The predicted molar refractivity (Wildman–Crippen MR) is 83.2 cm³/mol. The zero-order valence-electron chi connectivity index (χ0n) is 12.0. The van der Waals surface area contributed by atoms with E-state index in [0.717, 1.165) is 22.9 Å². The highest BCUT2D eigenvalue weighted by Gasteiger charge is 2.12. The molecule has 0 spiro atoms. The quantitative estimate of drug-likeness (QED) is 0.760. The molecule has 0 saturated carbocycles. The lowest BCUT2D eigenvalue weighted by atomic mass is 10.2. The van der Waals surface area contributed by atoms with E-state index in [-0.39, 0.29) is 0 Å². The minimum absolute atomic E-state index is 0.681. The van der Waals surface area contributed by atoms with E-state index in [1.807, 2.05) is 29.8 Å². The summed E-state index contributed by atoms with van der Waals surface area (Å²) in [4.78, 5) is 5.39. The minimum Gasteiger partial charge on any atom is -0.497 e. The molecule has 0 bridgehead atoms. The zero-order chi connectivity index (χ0) is 14.7. The van der Waals surface area contributed by atoms with Crippen LogP contribution in [0, 0.1) is 0 Å². The number of fused-ring (bicyclic) bond motifs is 1. The van der Waals surface area contributed by atoms with Gasteiger partial charge in [0.1, 0.15) is 11.4 Å². The second-order valence-corrected chi connectivity index (χ2v) is 5.45. The third-order valence-corrected chi connectivity index (χ3v) is 4.03. The van der Waals surface area contributed by atoms with Crippen LogP contribution in [-0.2, 0) is 13.1 Å².